The van der Waals surface area contributed by atoms with E-state index in [-0.39, 0.29) is 36.7 Å². The van der Waals surface area contributed by atoms with Gasteiger partial charge in [-0.25, -0.2) is 4.39 Å². The number of carboxylic acid groups (broad SMARTS) is 1. The summed E-state index contributed by atoms with van der Waals surface area (Å²) in [4.78, 5) is 24.9. The van der Waals surface area contributed by atoms with Gasteiger partial charge < -0.3 is 24.6 Å². The summed E-state index contributed by atoms with van der Waals surface area (Å²) in [6, 6.07) is 17.1. The first-order valence-corrected chi connectivity index (χ1v) is 12.3. The Bertz CT molecular complexity index is 1310. The number of likely N-dealkylation sites (N-methyl/N-ethyl adjacent to an activating group) is 1. The molecule has 5 rings (SSSR count). The number of halogens is 1. The van der Waals surface area contributed by atoms with Gasteiger partial charge in [0.05, 0.1) is 12.5 Å². The molecule has 37 heavy (non-hydrogen) atoms. The van der Waals surface area contributed by atoms with E-state index in [2.05, 4.69) is 0 Å². The van der Waals surface area contributed by atoms with Crippen LogP contribution in [-0.2, 0) is 11.2 Å². The van der Waals surface area contributed by atoms with Crippen molar-refractivity contribution in [2.24, 2.45) is 5.92 Å². The van der Waals surface area contributed by atoms with E-state index in [1.807, 2.05) is 24.3 Å². The molecule has 3 atom stereocenters. The van der Waals surface area contributed by atoms with E-state index in [4.69, 9.17) is 19.7 Å². The Morgan fingerprint density at radius 2 is 1.73 bits per heavy atom. The van der Waals surface area contributed by atoms with E-state index in [1.54, 1.807) is 37.4 Å². The normalized spacial score (nSPS) is 19.7. The minimum Gasteiger partial charge on any atom is -0.486 e. The molecule has 0 bridgehead atoms. The van der Waals surface area contributed by atoms with Crippen LogP contribution in [0.25, 0.3) is 0 Å². The van der Waals surface area contributed by atoms with Gasteiger partial charge in [-0.05, 0) is 79.3 Å². The van der Waals surface area contributed by atoms with E-state index < -0.39 is 12.1 Å². The number of amides is 1. The van der Waals surface area contributed by atoms with Gasteiger partial charge in [-0.1, -0.05) is 12.1 Å². The van der Waals surface area contributed by atoms with Crippen LogP contribution in [0, 0.1) is 11.7 Å². The van der Waals surface area contributed by atoms with E-state index in [9.17, 15) is 14.0 Å². The van der Waals surface area contributed by atoms with Crippen molar-refractivity contribution < 1.29 is 33.7 Å². The third kappa shape index (κ3) is 5.15. The Morgan fingerprint density at radius 1 is 1.03 bits per heavy atom. The van der Waals surface area contributed by atoms with Crippen LogP contribution in [0.3, 0.4) is 0 Å². The summed E-state index contributed by atoms with van der Waals surface area (Å²) in [5.74, 6) is 0.0851. The third-order valence-corrected chi connectivity index (χ3v) is 7.04. The van der Waals surface area contributed by atoms with Gasteiger partial charge in [0.25, 0.3) is 5.91 Å². The van der Waals surface area contributed by atoms with Crippen molar-refractivity contribution >= 4 is 11.9 Å². The predicted molar refractivity (Wildman–Crippen MR) is 134 cm³/mol. The smallest absolute Gasteiger partial charge is 0.307 e. The van der Waals surface area contributed by atoms with Crippen LogP contribution in [0.4, 0.5) is 4.39 Å². The number of aliphatic hydroxyl groups excluding tert-OH is 1. The van der Waals surface area contributed by atoms with Crippen LogP contribution >= 0.6 is 0 Å². The van der Waals surface area contributed by atoms with E-state index in [1.165, 1.54) is 11.0 Å². The summed E-state index contributed by atoms with van der Waals surface area (Å²) < 4.78 is 27.1. The van der Waals surface area contributed by atoms with Crippen LogP contribution in [0.15, 0.2) is 60.7 Å². The average Bonchev–Trinajstić information content (AvgIpc) is 3.60. The highest BCUT2D eigenvalue weighted by atomic mass is 19.1. The summed E-state index contributed by atoms with van der Waals surface area (Å²) in [6.45, 7) is 0.140. The Balaban J connectivity index is 1.28. The maximum atomic E-state index is 14.9. The molecule has 0 heterocycles. The summed E-state index contributed by atoms with van der Waals surface area (Å²) in [6.07, 6.45) is 1.39. The molecular weight excluding hydrogens is 477 g/mol. The van der Waals surface area contributed by atoms with Gasteiger partial charge in [0.1, 0.15) is 29.2 Å². The number of carbonyl (C=O) groups is 2. The molecule has 3 aromatic rings. The van der Waals surface area contributed by atoms with Gasteiger partial charge in [-0.3, -0.25) is 9.59 Å². The van der Waals surface area contributed by atoms with E-state index >= 15 is 0 Å². The molecule has 0 aliphatic heterocycles. The van der Waals surface area contributed by atoms with Crippen LogP contribution in [0.5, 0.6) is 17.2 Å². The first kappa shape index (κ1) is 24.8. The zero-order valence-electron chi connectivity index (χ0n) is 20.4. The minimum atomic E-state index is -0.767. The molecule has 1 amide bonds. The monoisotopic (exact) mass is 505 g/mol. The number of aliphatic hydroxyl groups is 1. The van der Waals surface area contributed by atoms with E-state index in [0.29, 0.717) is 47.6 Å². The van der Waals surface area contributed by atoms with Crippen molar-refractivity contribution in [2.45, 2.75) is 31.3 Å². The Labute approximate surface area is 214 Å². The van der Waals surface area contributed by atoms with Gasteiger partial charge >= 0.3 is 5.97 Å². The number of hydrogen-bond acceptors (Lipinski definition) is 5. The fourth-order valence-corrected chi connectivity index (χ4v) is 4.91. The van der Waals surface area contributed by atoms with Crippen molar-refractivity contribution in [2.75, 3.05) is 20.2 Å². The van der Waals surface area contributed by atoms with Crippen molar-refractivity contribution in [3.8, 4) is 17.2 Å². The molecular formula is C29H28FNO6. The van der Waals surface area contributed by atoms with Crippen LogP contribution in [-0.4, -0.2) is 47.2 Å². The molecule has 192 valence electrons. The number of fused-ring (bicyclic) bond motifs is 1. The number of nitrogens with zero attached hydrogens (tertiary/aromatic N) is 1. The quantitative estimate of drug-likeness (QED) is 0.428. The maximum Gasteiger partial charge on any atom is 0.307 e. The highest BCUT2D eigenvalue weighted by molar-refractivity contribution is 5.94. The largest absolute Gasteiger partial charge is 0.486 e. The fraction of sp³-hybridized carbons (Fsp3) is 0.310. The van der Waals surface area contributed by atoms with Gasteiger partial charge in [-0.2, -0.15) is 0 Å². The Morgan fingerprint density at radius 3 is 2.38 bits per heavy atom. The summed E-state index contributed by atoms with van der Waals surface area (Å²) >= 11 is 0. The first-order valence-electron chi connectivity index (χ1n) is 12.3. The lowest BCUT2D eigenvalue weighted by Gasteiger charge is -2.17. The fourth-order valence-electron chi connectivity index (χ4n) is 4.91. The second kappa shape index (κ2) is 10.2. The topological polar surface area (TPSA) is 96.3 Å². The lowest BCUT2D eigenvalue weighted by Crippen LogP contribution is -2.29. The van der Waals surface area contributed by atoms with Crippen LogP contribution < -0.4 is 9.47 Å². The van der Waals surface area contributed by atoms with E-state index in [0.717, 1.165) is 11.1 Å². The number of carbonyl (C=O) groups excluding carboxylic acids is 1. The van der Waals surface area contributed by atoms with Gasteiger partial charge in [-0.15, -0.1) is 0 Å². The number of ether oxygens (including phenoxy) is 2. The summed E-state index contributed by atoms with van der Waals surface area (Å²) in [5.41, 5.74) is 2.69. The van der Waals surface area contributed by atoms with Crippen molar-refractivity contribution in [3.05, 3.63) is 88.7 Å². The molecule has 1 fully saturated rings. The lowest BCUT2D eigenvalue weighted by atomic mass is 10.1. The third-order valence-electron chi connectivity index (χ3n) is 7.04. The number of carboxylic acids is 1. The maximum absolute atomic E-state index is 14.9. The highest BCUT2D eigenvalue weighted by Gasteiger charge is 2.44. The van der Waals surface area contributed by atoms with Crippen LogP contribution in [0.1, 0.15) is 51.9 Å². The second-order valence-corrected chi connectivity index (χ2v) is 9.52. The lowest BCUT2D eigenvalue weighted by molar-refractivity contribution is -0.138. The zero-order valence-corrected chi connectivity index (χ0v) is 20.4. The first-order chi connectivity index (χ1) is 17.9. The highest BCUT2D eigenvalue weighted by Crippen LogP contribution is 2.48. The van der Waals surface area contributed by atoms with Gasteiger partial charge in [0.15, 0.2) is 0 Å². The molecule has 3 aromatic carbocycles. The number of hydrogen-bond donors (Lipinski definition) is 2. The molecule has 0 radical (unpaired) electrons. The molecule has 2 aliphatic carbocycles. The molecule has 2 aliphatic rings. The number of benzene rings is 3. The standard InChI is InChI=1S/C29H28FNO6/c1-31(14-15-32)28(33)18-4-8-19(9-5-18)36-25-13-11-24(30)27-21(25)10-12-26(27)37-20-6-2-17(3-7-20)22-16-23(22)29(34)35/h2-9,11,13,22-23,26,32H,10,12,14-16H2,1H3,(H,34,35)/t22-,23+,26-/m1/s1. The molecule has 1 saturated carbocycles. The minimum absolute atomic E-state index is 0.0459. The average molecular weight is 506 g/mol. The molecule has 0 unspecified atom stereocenters. The second-order valence-electron chi connectivity index (χ2n) is 9.52. The van der Waals surface area contributed by atoms with Crippen molar-refractivity contribution in [3.63, 3.8) is 0 Å². The predicted octanol–water partition coefficient (Wildman–Crippen LogP) is 4.94. The molecule has 0 spiro atoms. The Kier molecular flexibility index (Phi) is 6.84. The summed E-state index contributed by atoms with van der Waals surface area (Å²) in [5, 5.41) is 18.2. The molecule has 7 nitrogen and oxygen atoms in total. The molecule has 8 heteroatoms. The van der Waals surface area contributed by atoms with Crippen molar-refractivity contribution in [1.29, 1.82) is 0 Å². The SMILES string of the molecule is CN(CCO)C(=O)c1ccc(Oc2ccc(F)c3c2CC[C@H]3Oc2ccc([C@H]3C[C@@H]3C(=O)O)cc2)cc1. The molecule has 2 N–H and O–H groups in total. The Hall–Kier alpha value is -3.91. The van der Waals surface area contributed by atoms with Gasteiger partial charge in [0.2, 0.25) is 0 Å². The summed E-state index contributed by atoms with van der Waals surface area (Å²) in [7, 11) is 1.62. The van der Waals surface area contributed by atoms with Crippen molar-refractivity contribution in [1.82, 2.24) is 4.90 Å². The van der Waals surface area contributed by atoms with Crippen LogP contribution in [0.2, 0.25) is 0 Å². The molecule has 0 saturated heterocycles. The zero-order chi connectivity index (χ0) is 26.1. The van der Waals surface area contributed by atoms with Gasteiger partial charge in [0, 0.05) is 30.3 Å². The molecule has 0 aromatic heterocycles. The number of rotatable bonds is 9. The number of aliphatic carboxylic acids is 1.